The highest BCUT2D eigenvalue weighted by Gasteiger charge is 2.23. The average molecular weight is 694 g/mol. The molecule has 6 heteroatoms. The van der Waals surface area contributed by atoms with E-state index in [0.29, 0.717) is 6.54 Å². The van der Waals surface area contributed by atoms with Crippen LogP contribution in [0.25, 0.3) is 75.2 Å². The standard InChI is InChI=1S/C46H35N3O2S/c1-47-45(28-11-3-2-4-12-28)49-46(48-27-31-13-9-20-42-43(31)34-15-6-8-19-41(34)52-42)35-17-10-16-33-37-26-30(22-24-40(37)51-44(33)35)29-21-23-39-36(25-29)32-14-5-7-18-38(32)50-39/h2-26,45-49H,27H2,1H3. The molecular formula is C46H35N3O2S. The number of hydrogen-bond acceptors (Lipinski definition) is 6. The van der Waals surface area contributed by atoms with E-state index >= 15 is 0 Å². The number of thiophene rings is 1. The summed E-state index contributed by atoms with van der Waals surface area (Å²) in [5.41, 5.74) is 9.30. The predicted molar refractivity (Wildman–Crippen MR) is 217 cm³/mol. The lowest BCUT2D eigenvalue weighted by Gasteiger charge is -2.27. The minimum absolute atomic E-state index is 0.100. The van der Waals surface area contributed by atoms with Gasteiger partial charge in [0.15, 0.2) is 0 Å². The van der Waals surface area contributed by atoms with E-state index in [4.69, 9.17) is 8.83 Å². The summed E-state index contributed by atoms with van der Waals surface area (Å²) in [7, 11) is 1.99. The molecular weight excluding hydrogens is 659 g/mol. The lowest BCUT2D eigenvalue weighted by atomic mass is 10.00. The number of furan rings is 2. The normalized spacial score (nSPS) is 13.2. The second-order valence-corrected chi connectivity index (χ2v) is 14.4. The fourth-order valence-electron chi connectivity index (χ4n) is 7.76. The first-order valence-electron chi connectivity index (χ1n) is 17.7. The van der Waals surface area contributed by atoms with Gasteiger partial charge in [-0.2, -0.15) is 0 Å². The second-order valence-electron chi connectivity index (χ2n) is 13.3. The van der Waals surface area contributed by atoms with Gasteiger partial charge in [0.2, 0.25) is 0 Å². The van der Waals surface area contributed by atoms with Gasteiger partial charge in [0.05, 0.1) is 12.3 Å². The summed E-state index contributed by atoms with van der Waals surface area (Å²) in [6, 6.07) is 53.5. The molecule has 0 radical (unpaired) electrons. The number of benzene rings is 7. The Kier molecular flexibility index (Phi) is 7.62. The number of rotatable bonds is 9. The first-order chi connectivity index (χ1) is 25.7. The molecule has 0 saturated heterocycles. The summed E-state index contributed by atoms with van der Waals surface area (Å²) < 4.78 is 15.5. The van der Waals surface area contributed by atoms with Crippen LogP contribution in [0.1, 0.15) is 29.0 Å². The average Bonchev–Trinajstić information content (AvgIpc) is 3.89. The van der Waals surface area contributed by atoms with Gasteiger partial charge in [-0.25, -0.2) is 0 Å². The van der Waals surface area contributed by atoms with E-state index in [9.17, 15) is 0 Å². The maximum atomic E-state index is 6.75. The van der Waals surface area contributed by atoms with Crippen molar-refractivity contribution < 1.29 is 8.83 Å². The molecule has 0 aliphatic rings. The quantitative estimate of drug-likeness (QED) is 0.131. The van der Waals surface area contributed by atoms with Crippen molar-refractivity contribution in [1.82, 2.24) is 16.0 Å². The lowest BCUT2D eigenvalue weighted by molar-refractivity contribution is 0.353. The van der Waals surface area contributed by atoms with E-state index in [2.05, 4.69) is 155 Å². The maximum absolute atomic E-state index is 6.75. The zero-order valence-electron chi connectivity index (χ0n) is 28.5. The zero-order chi connectivity index (χ0) is 34.6. The van der Waals surface area contributed by atoms with Crippen LogP contribution in [0.4, 0.5) is 0 Å². The third kappa shape index (κ3) is 5.27. The summed E-state index contributed by atoms with van der Waals surface area (Å²) in [6.45, 7) is 0.674. The molecule has 3 heterocycles. The Morgan fingerprint density at radius 1 is 0.538 bits per heavy atom. The van der Waals surface area contributed by atoms with Crippen molar-refractivity contribution in [1.29, 1.82) is 0 Å². The first-order valence-corrected chi connectivity index (χ1v) is 18.5. The smallest absolute Gasteiger partial charge is 0.141 e. The van der Waals surface area contributed by atoms with Gasteiger partial charge in [-0.3, -0.25) is 10.6 Å². The molecule has 3 aromatic heterocycles. The fourth-order valence-corrected chi connectivity index (χ4v) is 8.91. The summed E-state index contributed by atoms with van der Waals surface area (Å²) >= 11 is 1.85. The summed E-state index contributed by atoms with van der Waals surface area (Å²) in [6.07, 6.45) is -0.338. The Labute approximate surface area is 304 Å². The Bertz CT molecular complexity index is 2900. The molecule has 2 atom stereocenters. The monoisotopic (exact) mass is 693 g/mol. The molecule has 10 rings (SSSR count). The maximum Gasteiger partial charge on any atom is 0.141 e. The molecule has 52 heavy (non-hydrogen) atoms. The van der Waals surface area contributed by atoms with Crippen LogP contribution >= 0.6 is 11.3 Å². The van der Waals surface area contributed by atoms with E-state index in [1.165, 1.54) is 25.7 Å². The molecule has 252 valence electrons. The molecule has 0 fully saturated rings. The number of hydrogen-bond donors (Lipinski definition) is 3. The van der Waals surface area contributed by atoms with Crippen LogP contribution in [0.5, 0.6) is 0 Å². The van der Waals surface area contributed by atoms with Crippen LogP contribution in [0.2, 0.25) is 0 Å². The van der Waals surface area contributed by atoms with Crippen LogP contribution in [-0.4, -0.2) is 7.05 Å². The molecule has 0 bridgehead atoms. The van der Waals surface area contributed by atoms with E-state index in [-0.39, 0.29) is 12.3 Å². The van der Waals surface area contributed by atoms with E-state index in [1.54, 1.807) is 0 Å². The zero-order valence-corrected chi connectivity index (χ0v) is 29.3. The lowest BCUT2D eigenvalue weighted by Crippen LogP contribution is -2.41. The van der Waals surface area contributed by atoms with Gasteiger partial charge in [-0.15, -0.1) is 11.3 Å². The van der Waals surface area contributed by atoms with Crippen LogP contribution in [0.3, 0.4) is 0 Å². The van der Waals surface area contributed by atoms with Crippen molar-refractivity contribution >= 4 is 75.4 Å². The molecule has 0 saturated carbocycles. The van der Waals surface area contributed by atoms with Crippen molar-refractivity contribution in [2.45, 2.75) is 18.9 Å². The van der Waals surface area contributed by atoms with Crippen molar-refractivity contribution in [3.8, 4) is 11.1 Å². The van der Waals surface area contributed by atoms with Crippen LogP contribution in [0, 0.1) is 0 Å². The van der Waals surface area contributed by atoms with Crippen molar-refractivity contribution in [2.75, 3.05) is 7.05 Å². The molecule has 0 amide bonds. The largest absolute Gasteiger partial charge is 0.456 e. The van der Waals surface area contributed by atoms with Gasteiger partial charge in [0.1, 0.15) is 22.3 Å². The Morgan fingerprint density at radius 2 is 1.19 bits per heavy atom. The number of para-hydroxylation sites is 2. The number of fused-ring (bicyclic) bond motifs is 9. The van der Waals surface area contributed by atoms with E-state index < -0.39 is 0 Å². The van der Waals surface area contributed by atoms with Crippen LogP contribution < -0.4 is 16.0 Å². The van der Waals surface area contributed by atoms with Gasteiger partial charge in [0, 0.05) is 53.8 Å². The van der Waals surface area contributed by atoms with E-state index in [0.717, 1.165) is 66.1 Å². The molecule has 0 spiro atoms. The van der Waals surface area contributed by atoms with Gasteiger partial charge in [-0.05, 0) is 71.8 Å². The second kappa shape index (κ2) is 12.8. The van der Waals surface area contributed by atoms with Crippen molar-refractivity contribution in [3.63, 3.8) is 0 Å². The molecule has 7 aromatic carbocycles. The van der Waals surface area contributed by atoms with Crippen LogP contribution in [0.15, 0.2) is 160 Å². The third-order valence-corrected chi connectivity index (χ3v) is 11.4. The van der Waals surface area contributed by atoms with Gasteiger partial charge >= 0.3 is 0 Å². The van der Waals surface area contributed by atoms with Crippen molar-refractivity contribution in [3.05, 3.63) is 168 Å². The Hall–Kier alpha value is -5.76. The fraction of sp³-hybridized carbons (Fsp3) is 0.0870. The molecule has 2 unspecified atom stereocenters. The molecule has 3 N–H and O–H groups in total. The molecule has 10 aromatic rings. The Morgan fingerprint density at radius 3 is 2.02 bits per heavy atom. The molecule has 5 nitrogen and oxygen atoms in total. The van der Waals surface area contributed by atoms with E-state index in [1.807, 2.05) is 30.5 Å². The Balaban J connectivity index is 1.06. The minimum Gasteiger partial charge on any atom is -0.456 e. The van der Waals surface area contributed by atoms with Gasteiger partial charge in [-0.1, -0.05) is 109 Å². The first kappa shape index (κ1) is 31.0. The minimum atomic E-state index is -0.238. The SMILES string of the molecule is CNC(NC(NCc1cccc2sc3ccccc3c12)c1cccc2c1oc1ccc(-c3ccc4oc5ccccc5c4c3)cc12)c1ccccc1. The predicted octanol–water partition coefficient (Wildman–Crippen LogP) is 11.8. The highest BCUT2D eigenvalue weighted by molar-refractivity contribution is 7.25. The third-order valence-electron chi connectivity index (χ3n) is 10.3. The molecule has 0 aliphatic heterocycles. The highest BCUT2D eigenvalue weighted by Crippen LogP contribution is 2.39. The summed E-state index contributed by atoms with van der Waals surface area (Å²) in [5, 5.41) is 18.4. The summed E-state index contributed by atoms with van der Waals surface area (Å²) in [5.74, 6) is 0. The van der Waals surface area contributed by atoms with Gasteiger partial charge < -0.3 is 14.2 Å². The molecule has 0 aliphatic carbocycles. The number of nitrogens with one attached hydrogen (secondary N) is 3. The highest BCUT2D eigenvalue weighted by atomic mass is 32.1. The van der Waals surface area contributed by atoms with Crippen LogP contribution in [-0.2, 0) is 6.54 Å². The van der Waals surface area contributed by atoms with Crippen molar-refractivity contribution in [2.24, 2.45) is 0 Å². The van der Waals surface area contributed by atoms with Gasteiger partial charge in [0.25, 0.3) is 0 Å². The topological polar surface area (TPSA) is 62.4 Å². The summed E-state index contributed by atoms with van der Waals surface area (Å²) in [4.78, 5) is 0.